The monoisotopic (exact) mass is 436 g/mol. The topological polar surface area (TPSA) is 91.4 Å². The number of amides is 3. The number of hydrogen-bond donors (Lipinski definition) is 2. The van der Waals surface area contributed by atoms with Crippen molar-refractivity contribution in [1.29, 1.82) is 0 Å². The van der Waals surface area contributed by atoms with E-state index >= 15 is 0 Å². The van der Waals surface area contributed by atoms with E-state index in [-0.39, 0.29) is 24.6 Å². The summed E-state index contributed by atoms with van der Waals surface area (Å²) in [6.45, 7) is -0.0323. The van der Waals surface area contributed by atoms with Gasteiger partial charge >= 0.3 is 0 Å². The number of benzene rings is 2. The number of pyridine rings is 1. The molecule has 0 saturated carbocycles. The predicted octanol–water partition coefficient (Wildman–Crippen LogP) is 3.60. The van der Waals surface area contributed by atoms with Gasteiger partial charge in [0.05, 0.1) is 11.6 Å². The number of aromatic nitrogens is 1. The van der Waals surface area contributed by atoms with Gasteiger partial charge in [-0.05, 0) is 42.5 Å². The second kappa shape index (κ2) is 8.93. The smallest absolute Gasteiger partial charge is 0.255 e. The van der Waals surface area contributed by atoms with Gasteiger partial charge in [-0.15, -0.1) is 0 Å². The number of carbonyl (C=O) groups excluding carboxylic acids is 3. The molecule has 32 heavy (non-hydrogen) atoms. The van der Waals surface area contributed by atoms with E-state index in [4.69, 9.17) is 0 Å². The second-order valence-electron chi connectivity index (χ2n) is 7.26. The number of nitrogens with one attached hydrogen (secondary N) is 2. The molecule has 9 heteroatoms. The third-order valence-corrected chi connectivity index (χ3v) is 5.03. The lowest BCUT2D eigenvalue weighted by Crippen LogP contribution is -2.28. The molecule has 2 N–H and O–H groups in total. The van der Waals surface area contributed by atoms with Crippen molar-refractivity contribution in [3.63, 3.8) is 0 Å². The molecule has 4 rings (SSSR count). The van der Waals surface area contributed by atoms with Crippen LogP contribution in [0.3, 0.4) is 0 Å². The van der Waals surface area contributed by atoms with Gasteiger partial charge in [0.15, 0.2) is 0 Å². The number of nitrogens with zero attached hydrogens (tertiary/aromatic N) is 2. The molecule has 1 aromatic heterocycles. The lowest BCUT2D eigenvalue weighted by molar-refractivity contribution is -0.122. The molecule has 2 heterocycles. The summed E-state index contributed by atoms with van der Waals surface area (Å²) in [5, 5.41) is 5.43. The Bertz CT molecular complexity index is 1190. The van der Waals surface area contributed by atoms with Crippen LogP contribution in [0.4, 0.5) is 25.8 Å². The highest BCUT2D eigenvalue weighted by molar-refractivity contribution is 6.06. The van der Waals surface area contributed by atoms with Gasteiger partial charge in [-0.3, -0.25) is 19.4 Å². The van der Waals surface area contributed by atoms with Crippen LogP contribution in [0.2, 0.25) is 0 Å². The lowest BCUT2D eigenvalue weighted by atomic mass is 10.1. The maximum absolute atomic E-state index is 14.1. The van der Waals surface area contributed by atoms with Gasteiger partial charge in [0, 0.05) is 48.4 Å². The van der Waals surface area contributed by atoms with E-state index in [0.717, 1.165) is 11.0 Å². The Hall–Kier alpha value is -4.14. The molecule has 1 unspecified atom stereocenters. The zero-order chi connectivity index (χ0) is 22.7. The summed E-state index contributed by atoms with van der Waals surface area (Å²) in [6.07, 6.45) is 3.00. The Labute approximate surface area is 182 Å². The van der Waals surface area contributed by atoms with Crippen LogP contribution in [0.25, 0.3) is 0 Å². The molecule has 1 aliphatic heterocycles. The van der Waals surface area contributed by atoms with Crippen molar-refractivity contribution in [2.45, 2.75) is 6.42 Å². The summed E-state index contributed by atoms with van der Waals surface area (Å²) in [5.74, 6) is -3.56. The molecule has 2 aromatic carbocycles. The Kier molecular flexibility index (Phi) is 5.89. The Balaban J connectivity index is 1.42. The van der Waals surface area contributed by atoms with Crippen molar-refractivity contribution in [1.82, 2.24) is 4.98 Å². The average Bonchev–Trinajstić information content (AvgIpc) is 3.16. The van der Waals surface area contributed by atoms with Gasteiger partial charge < -0.3 is 15.5 Å². The van der Waals surface area contributed by atoms with E-state index in [1.165, 1.54) is 12.1 Å². The van der Waals surface area contributed by atoms with Crippen LogP contribution < -0.4 is 15.5 Å². The molecule has 0 aliphatic carbocycles. The van der Waals surface area contributed by atoms with Crippen molar-refractivity contribution >= 4 is 34.8 Å². The minimum Gasteiger partial charge on any atom is -0.326 e. The Morgan fingerprint density at radius 2 is 1.75 bits per heavy atom. The molecule has 7 nitrogen and oxygen atoms in total. The average molecular weight is 436 g/mol. The zero-order valence-electron chi connectivity index (χ0n) is 16.7. The van der Waals surface area contributed by atoms with Crippen LogP contribution in [-0.2, 0) is 9.59 Å². The summed E-state index contributed by atoms with van der Waals surface area (Å²) < 4.78 is 27.2. The summed E-state index contributed by atoms with van der Waals surface area (Å²) in [6, 6.07) is 12.6. The van der Waals surface area contributed by atoms with Crippen molar-refractivity contribution in [2.24, 2.45) is 5.92 Å². The largest absolute Gasteiger partial charge is 0.326 e. The lowest BCUT2D eigenvalue weighted by Gasteiger charge is -2.17. The first-order chi connectivity index (χ1) is 15.4. The molecule has 1 aliphatic rings. The SMILES string of the molecule is O=C(Nc1ccncc1)c1cccc(NC(=O)C2CC(=O)N(c3ccc(F)cc3F)C2)c1. The molecule has 3 amide bonds. The fourth-order valence-corrected chi connectivity index (χ4v) is 3.44. The van der Waals surface area contributed by atoms with Crippen LogP contribution in [-0.4, -0.2) is 29.3 Å². The molecular weight excluding hydrogens is 418 g/mol. The Morgan fingerprint density at radius 3 is 2.50 bits per heavy atom. The zero-order valence-corrected chi connectivity index (χ0v) is 16.7. The maximum Gasteiger partial charge on any atom is 0.255 e. The molecule has 1 saturated heterocycles. The van der Waals surface area contributed by atoms with Crippen molar-refractivity contribution in [3.05, 3.63) is 84.2 Å². The molecule has 162 valence electrons. The first-order valence-corrected chi connectivity index (χ1v) is 9.78. The number of carbonyl (C=O) groups is 3. The van der Waals surface area contributed by atoms with Crippen LogP contribution in [0.5, 0.6) is 0 Å². The van der Waals surface area contributed by atoms with E-state index < -0.39 is 29.4 Å². The van der Waals surface area contributed by atoms with Crippen LogP contribution in [0, 0.1) is 17.6 Å². The number of anilines is 3. The first kappa shape index (κ1) is 21.1. The van der Waals surface area contributed by atoms with Gasteiger partial charge in [0.2, 0.25) is 11.8 Å². The minimum absolute atomic E-state index is 0.0323. The first-order valence-electron chi connectivity index (χ1n) is 9.78. The number of hydrogen-bond acceptors (Lipinski definition) is 4. The Morgan fingerprint density at radius 1 is 0.969 bits per heavy atom. The normalized spacial score (nSPS) is 15.5. The van der Waals surface area contributed by atoms with Gasteiger partial charge in [-0.2, -0.15) is 0 Å². The fraction of sp³-hybridized carbons (Fsp3) is 0.130. The third kappa shape index (κ3) is 4.61. The standard InChI is InChI=1S/C23H18F2N4O3/c24-16-4-5-20(19(25)12-16)29-13-15(11-21(29)30)23(32)28-18-3-1-2-14(10-18)22(31)27-17-6-8-26-9-7-17/h1-10,12,15H,11,13H2,(H,28,32)(H,26,27,31). The molecule has 0 radical (unpaired) electrons. The van der Waals surface area contributed by atoms with E-state index in [9.17, 15) is 23.2 Å². The highest BCUT2D eigenvalue weighted by Crippen LogP contribution is 2.28. The van der Waals surface area contributed by atoms with Crippen LogP contribution in [0.1, 0.15) is 16.8 Å². The van der Waals surface area contributed by atoms with Crippen molar-refractivity contribution in [3.8, 4) is 0 Å². The summed E-state index contributed by atoms with van der Waals surface area (Å²) >= 11 is 0. The summed E-state index contributed by atoms with van der Waals surface area (Å²) in [5.41, 5.74) is 1.23. The fourth-order valence-electron chi connectivity index (χ4n) is 3.44. The van der Waals surface area contributed by atoms with Gasteiger partial charge in [0.1, 0.15) is 11.6 Å². The van der Waals surface area contributed by atoms with Crippen molar-refractivity contribution in [2.75, 3.05) is 22.1 Å². The van der Waals surface area contributed by atoms with E-state index in [1.807, 2.05) is 0 Å². The quantitative estimate of drug-likeness (QED) is 0.639. The maximum atomic E-state index is 14.1. The van der Waals surface area contributed by atoms with Crippen LogP contribution in [0.15, 0.2) is 67.0 Å². The third-order valence-electron chi connectivity index (χ3n) is 5.03. The van der Waals surface area contributed by atoms with E-state index in [1.54, 1.807) is 42.7 Å². The van der Waals surface area contributed by atoms with Crippen molar-refractivity contribution < 1.29 is 23.2 Å². The van der Waals surface area contributed by atoms with Gasteiger partial charge in [-0.25, -0.2) is 8.78 Å². The van der Waals surface area contributed by atoms with Crippen LogP contribution >= 0.6 is 0 Å². The van der Waals surface area contributed by atoms with Gasteiger partial charge in [-0.1, -0.05) is 6.07 Å². The highest BCUT2D eigenvalue weighted by atomic mass is 19.1. The molecule has 3 aromatic rings. The molecule has 1 fully saturated rings. The predicted molar refractivity (Wildman–Crippen MR) is 114 cm³/mol. The minimum atomic E-state index is -0.868. The molecule has 1 atom stereocenters. The highest BCUT2D eigenvalue weighted by Gasteiger charge is 2.36. The summed E-state index contributed by atoms with van der Waals surface area (Å²) in [4.78, 5) is 42.5. The van der Waals surface area contributed by atoms with E-state index in [2.05, 4.69) is 15.6 Å². The second-order valence-corrected chi connectivity index (χ2v) is 7.26. The molecule has 0 bridgehead atoms. The van der Waals surface area contributed by atoms with E-state index in [0.29, 0.717) is 23.0 Å². The molecular formula is C23H18F2N4O3. The number of rotatable bonds is 5. The van der Waals surface area contributed by atoms with Gasteiger partial charge in [0.25, 0.3) is 5.91 Å². The number of halogens is 2. The molecule has 0 spiro atoms. The summed E-state index contributed by atoms with van der Waals surface area (Å²) in [7, 11) is 0.